The van der Waals surface area contributed by atoms with Crippen LogP contribution in [0.2, 0.25) is 0 Å². The van der Waals surface area contributed by atoms with E-state index in [2.05, 4.69) is 4.72 Å². The van der Waals surface area contributed by atoms with E-state index < -0.39 is 10.0 Å². The first kappa shape index (κ1) is 15.1. The van der Waals surface area contributed by atoms with Crippen molar-refractivity contribution in [2.45, 2.75) is 4.90 Å². The van der Waals surface area contributed by atoms with E-state index in [4.69, 9.17) is 15.2 Å². The zero-order chi connectivity index (χ0) is 15.5. The molecule has 0 unspecified atom stereocenters. The fraction of sp³-hybridized carbons (Fsp3) is 0.143. The van der Waals surface area contributed by atoms with Gasteiger partial charge in [0.15, 0.2) is 11.5 Å². The Kier molecular flexibility index (Phi) is 4.35. The Morgan fingerprint density at radius 2 is 1.71 bits per heavy atom. The Bertz CT molecular complexity index is 744. The normalized spacial score (nSPS) is 11.1. The molecule has 0 fully saturated rings. The average Bonchev–Trinajstić information content (AvgIpc) is 2.49. The molecule has 7 heteroatoms. The molecule has 2 rings (SSSR count). The number of anilines is 1. The third-order valence-electron chi connectivity index (χ3n) is 2.82. The quantitative estimate of drug-likeness (QED) is 0.824. The first-order valence-electron chi connectivity index (χ1n) is 6.12. The topological polar surface area (TPSA) is 90.7 Å². The largest absolute Gasteiger partial charge is 0.493 e. The molecule has 0 aliphatic rings. The number of sulfonamides is 1. The number of nitrogen functional groups attached to an aromatic ring is 1. The van der Waals surface area contributed by atoms with Crippen molar-refractivity contribution >= 4 is 15.7 Å². The monoisotopic (exact) mass is 308 g/mol. The number of nitrogens with two attached hydrogens (primary N) is 1. The van der Waals surface area contributed by atoms with Crippen LogP contribution >= 0.6 is 0 Å². The van der Waals surface area contributed by atoms with Crippen LogP contribution in [0.4, 0.5) is 5.69 Å². The second-order valence-corrected chi connectivity index (χ2v) is 6.02. The lowest BCUT2D eigenvalue weighted by Gasteiger charge is -2.14. The number of hydrogen-bond acceptors (Lipinski definition) is 5. The summed E-state index contributed by atoms with van der Waals surface area (Å²) in [6, 6.07) is 11.4. The van der Waals surface area contributed by atoms with E-state index in [1.807, 2.05) is 0 Å². The van der Waals surface area contributed by atoms with Gasteiger partial charge in [0.25, 0.3) is 0 Å². The maximum absolute atomic E-state index is 12.0. The van der Waals surface area contributed by atoms with Gasteiger partial charge in [-0.15, -0.1) is 0 Å². The Balaban J connectivity index is 2.50. The van der Waals surface area contributed by atoms with Crippen molar-refractivity contribution in [3.63, 3.8) is 0 Å². The highest BCUT2D eigenvalue weighted by Gasteiger charge is 2.19. The number of rotatable bonds is 5. The molecule has 0 bridgehead atoms. The van der Waals surface area contributed by atoms with Crippen LogP contribution in [0.3, 0.4) is 0 Å². The van der Waals surface area contributed by atoms with Crippen LogP contribution in [0.25, 0.3) is 0 Å². The van der Waals surface area contributed by atoms with Crippen LogP contribution in [0.1, 0.15) is 0 Å². The van der Waals surface area contributed by atoms with Crippen molar-refractivity contribution in [1.29, 1.82) is 0 Å². The van der Waals surface area contributed by atoms with Gasteiger partial charge in [-0.25, -0.2) is 13.1 Å². The highest BCUT2D eigenvalue weighted by atomic mass is 32.2. The molecule has 0 radical (unpaired) electrons. The van der Waals surface area contributed by atoms with Gasteiger partial charge in [-0.05, 0) is 37.4 Å². The van der Waals surface area contributed by atoms with Gasteiger partial charge in [0.2, 0.25) is 10.0 Å². The lowest BCUT2D eigenvalue weighted by atomic mass is 10.3. The summed E-state index contributed by atoms with van der Waals surface area (Å²) >= 11 is 0. The third kappa shape index (κ3) is 3.26. The van der Waals surface area contributed by atoms with E-state index in [1.54, 1.807) is 30.3 Å². The zero-order valence-corrected chi connectivity index (χ0v) is 12.5. The Hall–Kier alpha value is -2.25. The van der Waals surface area contributed by atoms with Crippen molar-refractivity contribution in [3.05, 3.63) is 42.5 Å². The van der Waals surface area contributed by atoms with E-state index in [-0.39, 0.29) is 10.6 Å². The number of para-hydroxylation sites is 2. The summed E-state index contributed by atoms with van der Waals surface area (Å²) in [5.74, 6) is 1.09. The fourth-order valence-electron chi connectivity index (χ4n) is 1.75. The average molecular weight is 308 g/mol. The number of ether oxygens (including phenoxy) is 2. The molecule has 0 aliphatic heterocycles. The van der Waals surface area contributed by atoms with E-state index in [0.717, 1.165) is 0 Å². The second kappa shape index (κ2) is 6.02. The number of benzene rings is 2. The van der Waals surface area contributed by atoms with E-state index in [9.17, 15) is 8.42 Å². The maximum Gasteiger partial charge on any atom is 0.244 e. The fourth-order valence-corrected chi connectivity index (χ4v) is 2.64. The van der Waals surface area contributed by atoms with Gasteiger partial charge >= 0.3 is 0 Å². The highest BCUT2D eigenvalue weighted by molar-refractivity contribution is 7.89. The lowest BCUT2D eigenvalue weighted by molar-refractivity contribution is 0.375. The molecule has 21 heavy (non-hydrogen) atoms. The summed E-state index contributed by atoms with van der Waals surface area (Å²) in [4.78, 5) is -0.0316. The molecule has 0 heterocycles. The van der Waals surface area contributed by atoms with Crippen LogP contribution in [-0.4, -0.2) is 22.6 Å². The predicted molar refractivity (Wildman–Crippen MR) is 80.2 cm³/mol. The molecule has 2 aromatic rings. The second-order valence-electron chi connectivity index (χ2n) is 4.17. The van der Waals surface area contributed by atoms with Crippen molar-refractivity contribution in [3.8, 4) is 17.2 Å². The summed E-state index contributed by atoms with van der Waals surface area (Å²) in [5.41, 5.74) is 5.99. The Labute approximate surface area is 123 Å². The van der Waals surface area contributed by atoms with Crippen molar-refractivity contribution in [2.24, 2.45) is 0 Å². The SMILES string of the molecule is CNS(=O)(=O)c1cc(N)ccc1Oc1ccccc1OC. The predicted octanol–water partition coefficient (Wildman–Crippen LogP) is 1.98. The minimum Gasteiger partial charge on any atom is -0.493 e. The van der Waals surface area contributed by atoms with Gasteiger partial charge in [-0.3, -0.25) is 0 Å². The minimum atomic E-state index is -3.69. The molecule has 0 aromatic heterocycles. The van der Waals surface area contributed by atoms with Crippen LogP contribution in [0.15, 0.2) is 47.4 Å². The number of hydrogen-bond donors (Lipinski definition) is 2. The van der Waals surface area contributed by atoms with Crippen molar-refractivity contribution in [1.82, 2.24) is 4.72 Å². The summed E-state index contributed by atoms with van der Waals surface area (Å²) in [7, 11) is -0.852. The Morgan fingerprint density at radius 1 is 1.05 bits per heavy atom. The first-order chi connectivity index (χ1) is 9.97. The third-order valence-corrected chi connectivity index (χ3v) is 4.25. The smallest absolute Gasteiger partial charge is 0.244 e. The van der Waals surface area contributed by atoms with Gasteiger partial charge in [0.1, 0.15) is 10.6 Å². The van der Waals surface area contributed by atoms with Crippen LogP contribution in [-0.2, 0) is 10.0 Å². The summed E-state index contributed by atoms with van der Waals surface area (Å²) in [5, 5.41) is 0. The molecule has 0 saturated heterocycles. The molecule has 2 aromatic carbocycles. The zero-order valence-electron chi connectivity index (χ0n) is 11.7. The summed E-state index contributed by atoms with van der Waals surface area (Å²) < 4.78 is 37.2. The van der Waals surface area contributed by atoms with E-state index >= 15 is 0 Å². The molecule has 0 amide bonds. The number of methoxy groups -OCH3 is 1. The van der Waals surface area contributed by atoms with Gasteiger partial charge in [0.05, 0.1) is 7.11 Å². The molecule has 112 valence electrons. The first-order valence-corrected chi connectivity index (χ1v) is 7.60. The van der Waals surface area contributed by atoms with Crippen LogP contribution in [0.5, 0.6) is 17.2 Å². The van der Waals surface area contributed by atoms with Gasteiger partial charge in [0, 0.05) is 5.69 Å². The van der Waals surface area contributed by atoms with Gasteiger partial charge < -0.3 is 15.2 Å². The molecule has 0 saturated carbocycles. The van der Waals surface area contributed by atoms with Gasteiger partial charge in [-0.2, -0.15) is 0 Å². The van der Waals surface area contributed by atoms with Crippen LogP contribution < -0.4 is 19.9 Å². The molecule has 0 atom stereocenters. The molecular formula is C14H16N2O4S. The lowest BCUT2D eigenvalue weighted by Crippen LogP contribution is -2.19. The molecule has 6 nitrogen and oxygen atoms in total. The minimum absolute atomic E-state index is 0.0316. The molecular weight excluding hydrogens is 292 g/mol. The Morgan fingerprint density at radius 3 is 2.33 bits per heavy atom. The van der Waals surface area contributed by atoms with Crippen LogP contribution in [0, 0.1) is 0 Å². The van der Waals surface area contributed by atoms with Crippen molar-refractivity contribution in [2.75, 3.05) is 19.9 Å². The van der Waals surface area contributed by atoms with E-state index in [0.29, 0.717) is 17.2 Å². The van der Waals surface area contributed by atoms with Gasteiger partial charge in [-0.1, -0.05) is 12.1 Å². The molecule has 0 aliphatic carbocycles. The maximum atomic E-state index is 12.0. The number of nitrogens with one attached hydrogen (secondary N) is 1. The van der Waals surface area contributed by atoms with Crippen molar-refractivity contribution < 1.29 is 17.9 Å². The summed E-state index contributed by atoms with van der Waals surface area (Å²) in [6.45, 7) is 0. The molecule has 3 N–H and O–H groups in total. The summed E-state index contributed by atoms with van der Waals surface area (Å²) in [6.07, 6.45) is 0. The highest BCUT2D eigenvalue weighted by Crippen LogP contribution is 2.35. The van der Waals surface area contributed by atoms with E-state index in [1.165, 1.54) is 26.3 Å². The molecule has 0 spiro atoms. The standard InChI is InChI=1S/C14H16N2O4S/c1-16-21(17,18)14-9-10(15)7-8-13(14)20-12-6-4-3-5-11(12)19-2/h3-9,16H,15H2,1-2H3.